The summed E-state index contributed by atoms with van der Waals surface area (Å²) in [6.07, 6.45) is 6.93. The zero-order chi connectivity index (χ0) is 13.9. The predicted octanol–water partition coefficient (Wildman–Crippen LogP) is 4.67. The molecule has 0 aromatic carbocycles. The number of rotatable bonds is 4. The molecule has 1 aromatic rings. The molecular formula is C16H28N2S. The van der Waals surface area contributed by atoms with Crippen LogP contribution < -0.4 is 5.32 Å². The van der Waals surface area contributed by atoms with Gasteiger partial charge in [0, 0.05) is 10.8 Å². The molecule has 1 fully saturated rings. The normalized spacial score (nSPS) is 19.6. The van der Waals surface area contributed by atoms with Crippen LogP contribution >= 0.6 is 11.3 Å². The summed E-state index contributed by atoms with van der Waals surface area (Å²) in [5, 5.41) is 7.24. The van der Waals surface area contributed by atoms with E-state index in [1.54, 1.807) is 0 Å². The smallest absolute Gasteiger partial charge is 0.110 e. The van der Waals surface area contributed by atoms with Gasteiger partial charge in [0.2, 0.25) is 0 Å². The zero-order valence-electron chi connectivity index (χ0n) is 12.8. The molecule has 1 atom stereocenters. The van der Waals surface area contributed by atoms with E-state index >= 15 is 0 Å². The number of hydrogen-bond acceptors (Lipinski definition) is 3. The second kappa shape index (κ2) is 6.36. The van der Waals surface area contributed by atoms with Crippen molar-refractivity contribution in [2.24, 2.45) is 5.92 Å². The summed E-state index contributed by atoms with van der Waals surface area (Å²) in [6, 6.07) is 0.478. The minimum Gasteiger partial charge on any atom is -0.308 e. The first-order valence-corrected chi connectivity index (χ1v) is 8.59. The monoisotopic (exact) mass is 280 g/mol. The fourth-order valence-electron chi connectivity index (χ4n) is 2.92. The molecule has 1 unspecified atom stereocenters. The van der Waals surface area contributed by atoms with E-state index in [4.69, 9.17) is 4.98 Å². The number of nitrogens with one attached hydrogen (secondary N) is 1. The quantitative estimate of drug-likeness (QED) is 0.867. The van der Waals surface area contributed by atoms with E-state index in [1.807, 2.05) is 11.3 Å². The van der Waals surface area contributed by atoms with Crippen molar-refractivity contribution in [1.29, 1.82) is 0 Å². The molecule has 1 heterocycles. The first kappa shape index (κ1) is 15.0. The molecule has 3 heteroatoms. The molecule has 1 aliphatic rings. The Hall–Kier alpha value is -0.410. The Morgan fingerprint density at radius 1 is 1.32 bits per heavy atom. The summed E-state index contributed by atoms with van der Waals surface area (Å²) in [5.41, 5.74) is 1.41. The van der Waals surface area contributed by atoms with Crippen LogP contribution in [0.3, 0.4) is 0 Å². The SMILES string of the molecule is CCNC(c1nc(C(C)(C)C)cs1)C1CCCCC1. The van der Waals surface area contributed by atoms with Crippen LogP contribution in [0.5, 0.6) is 0 Å². The molecule has 108 valence electrons. The summed E-state index contributed by atoms with van der Waals surface area (Å²) in [6.45, 7) is 9.97. The summed E-state index contributed by atoms with van der Waals surface area (Å²) >= 11 is 1.84. The molecule has 1 aromatic heterocycles. The lowest BCUT2D eigenvalue weighted by Crippen LogP contribution is -2.29. The third kappa shape index (κ3) is 3.79. The van der Waals surface area contributed by atoms with Gasteiger partial charge in [-0.1, -0.05) is 47.0 Å². The Bertz CT molecular complexity index is 386. The highest BCUT2D eigenvalue weighted by atomic mass is 32.1. The van der Waals surface area contributed by atoms with Crippen LogP contribution in [0.15, 0.2) is 5.38 Å². The molecule has 1 saturated carbocycles. The van der Waals surface area contributed by atoms with Gasteiger partial charge in [0.25, 0.3) is 0 Å². The number of aromatic nitrogens is 1. The van der Waals surface area contributed by atoms with Crippen molar-refractivity contribution in [2.45, 2.75) is 71.3 Å². The highest BCUT2D eigenvalue weighted by Gasteiger charge is 2.28. The largest absolute Gasteiger partial charge is 0.308 e. The van der Waals surface area contributed by atoms with E-state index in [2.05, 4.69) is 38.4 Å². The Morgan fingerprint density at radius 2 is 2.00 bits per heavy atom. The van der Waals surface area contributed by atoms with Gasteiger partial charge in [-0.3, -0.25) is 0 Å². The van der Waals surface area contributed by atoms with E-state index in [0.29, 0.717) is 6.04 Å². The second-order valence-electron chi connectivity index (χ2n) is 6.75. The van der Waals surface area contributed by atoms with Gasteiger partial charge >= 0.3 is 0 Å². The molecule has 1 N–H and O–H groups in total. The van der Waals surface area contributed by atoms with Gasteiger partial charge in [-0.2, -0.15) is 0 Å². The molecule has 0 radical (unpaired) electrons. The maximum Gasteiger partial charge on any atom is 0.110 e. The molecule has 0 saturated heterocycles. The average molecular weight is 280 g/mol. The lowest BCUT2D eigenvalue weighted by atomic mass is 9.84. The van der Waals surface area contributed by atoms with E-state index in [0.717, 1.165) is 12.5 Å². The minimum atomic E-state index is 0.165. The van der Waals surface area contributed by atoms with Crippen LogP contribution in [-0.4, -0.2) is 11.5 Å². The number of hydrogen-bond donors (Lipinski definition) is 1. The van der Waals surface area contributed by atoms with Crippen molar-refractivity contribution >= 4 is 11.3 Å². The molecule has 2 nitrogen and oxygen atoms in total. The van der Waals surface area contributed by atoms with Gasteiger partial charge < -0.3 is 5.32 Å². The molecule has 19 heavy (non-hydrogen) atoms. The van der Waals surface area contributed by atoms with Gasteiger partial charge in [-0.05, 0) is 25.3 Å². The molecule has 0 amide bonds. The van der Waals surface area contributed by atoms with E-state index in [9.17, 15) is 0 Å². The van der Waals surface area contributed by atoms with Crippen LogP contribution in [0, 0.1) is 5.92 Å². The van der Waals surface area contributed by atoms with Crippen molar-refractivity contribution in [1.82, 2.24) is 10.3 Å². The van der Waals surface area contributed by atoms with Crippen molar-refractivity contribution < 1.29 is 0 Å². The predicted molar refractivity (Wildman–Crippen MR) is 83.8 cm³/mol. The molecule has 1 aliphatic carbocycles. The first-order valence-electron chi connectivity index (χ1n) is 7.71. The van der Waals surface area contributed by atoms with Crippen LogP contribution in [0.25, 0.3) is 0 Å². The molecule has 2 rings (SSSR count). The van der Waals surface area contributed by atoms with Gasteiger partial charge in [-0.25, -0.2) is 4.98 Å². The standard InChI is InChI=1S/C16H28N2S/c1-5-17-14(12-9-7-6-8-10-12)15-18-13(11-19-15)16(2,3)4/h11-12,14,17H,5-10H2,1-4H3. The van der Waals surface area contributed by atoms with Gasteiger partial charge in [0.1, 0.15) is 5.01 Å². The second-order valence-corrected chi connectivity index (χ2v) is 7.64. The third-order valence-electron chi connectivity index (χ3n) is 4.10. The van der Waals surface area contributed by atoms with E-state index in [1.165, 1.54) is 42.8 Å². The fraction of sp³-hybridized carbons (Fsp3) is 0.812. The maximum atomic E-state index is 4.93. The van der Waals surface area contributed by atoms with Crippen LogP contribution in [0.1, 0.15) is 76.5 Å². The van der Waals surface area contributed by atoms with Crippen molar-refractivity contribution in [2.75, 3.05) is 6.54 Å². The molecule has 0 aliphatic heterocycles. The highest BCUT2D eigenvalue weighted by molar-refractivity contribution is 7.09. The van der Waals surface area contributed by atoms with Crippen molar-refractivity contribution in [3.8, 4) is 0 Å². The van der Waals surface area contributed by atoms with E-state index < -0.39 is 0 Å². The maximum absolute atomic E-state index is 4.93. The van der Waals surface area contributed by atoms with Crippen LogP contribution in [0.4, 0.5) is 0 Å². The fourth-order valence-corrected chi connectivity index (χ4v) is 4.13. The van der Waals surface area contributed by atoms with Gasteiger partial charge in [0.15, 0.2) is 0 Å². The number of nitrogens with zero attached hydrogens (tertiary/aromatic N) is 1. The van der Waals surface area contributed by atoms with Crippen LogP contribution in [0.2, 0.25) is 0 Å². The molecule has 0 spiro atoms. The topological polar surface area (TPSA) is 24.9 Å². The number of thiazole rings is 1. The third-order valence-corrected chi connectivity index (χ3v) is 5.03. The summed E-state index contributed by atoms with van der Waals surface area (Å²) in [4.78, 5) is 4.93. The Kier molecular flexibility index (Phi) is 5.02. The Morgan fingerprint density at radius 3 is 2.53 bits per heavy atom. The van der Waals surface area contributed by atoms with Crippen molar-refractivity contribution in [3.05, 3.63) is 16.1 Å². The summed E-state index contributed by atoms with van der Waals surface area (Å²) < 4.78 is 0. The lowest BCUT2D eigenvalue weighted by Gasteiger charge is -2.29. The molecular weight excluding hydrogens is 252 g/mol. The van der Waals surface area contributed by atoms with Crippen molar-refractivity contribution in [3.63, 3.8) is 0 Å². The van der Waals surface area contributed by atoms with E-state index in [-0.39, 0.29) is 5.41 Å². The van der Waals surface area contributed by atoms with Gasteiger partial charge in [-0.15, -0.1) is 11.3 Å². The Labute approximate surface area is 122 Å². The molecule has 0 bridgehead atoms. The summed E-state index contributed by atoms with van der Waals surface area (Å²) in [5.74, 6) is 0.785. The zero-order valence-corrected chi connectivity index (χ0v) is 13.6. The highest BCUT2D eigenvalue weighted by Crippen LogP contribution is 2.36. The first-order chi connectivity index (χ1) is 9.02. The van der Waals surface area contributed by atoms with Gasteiger partial charge in [0.05, 0.1) is 11.7 Å². The lowest BCUT2D eigenvalue weighted by molar-refractivity contribution is 0.273. The minimum absolute atomic E-state index is 0.165. The van der Waals surface area contributed by atoms with Crippen LogP contribution in [-0.2, 0) is 5.41 Å². The Balaban J connectivity index is 2.16. The average Bonchev–Trinajstić information content (AvgIpc) is 2.86. The summed E-state index contributed by atoms with van der Waals surface area (Å²) in [7, 11) is 0.